The Bertz CT molecular complexity index is 1040. The Morgan fingerprint density at radius 2 is 0.812 bits per heavy atom. The smallest absolute Gasteiger partial charge is 0.305 e. The molecule has 0 radical (unpaired) electrons. The van der Waals surface area contributed by atoms with Crippen molar-refractivity contribution in [3.63, 3.8) is 0 Å². The van der Waals surface area contributed by atoms with Gasteiger partial charge in [0.1, 0.15) is 0 Å². The zero-order valence-electron chi connectivity index (χ0n) is 42.8. The summed E-state index contributed by atoms with van der Waals surface area (Å²) in [4.78, 5) is 24.5. The zero-order valence-corrected chi connectivity index (χ0v) is 42.8. The van der Waals surface area contributed by atoms with Gasteiger partial charge in [0, 0.05) is 12.8 Å². The van der Waals surface area contributed by atoms with Crippen molar-refractivity contribution in [2.24, 2.45) is 0 Å². The van der Waals surface area contributed by atoms with Gasteiger partial charge in [-0.15, -0.1) is 0 Å². The number of hydrogen-bond acceptors (Lipinski definition) is 5. The maximum absolute atomic E-state index is 12.5. The van der Waals surface area contributed by atoms with Crippen LogP contribution in [-0.4, -0.2) is 47.4 Å². The van der Waals surface area contributed by atoms with Crippen molar-refractivity contribution in [1.82, 2.24) is 5.32 Å². The van der Waals surface area contributed by atoms with Crippen molar-refractivity contribution >= 4 is 11.9 Å². The summed E-state index contributed by atoms with van der Waals surface area (Å²) in [6.07, 6.45) is 65.8. The van der Waals surface area contributed by atoms with Gasteiger partial charge in [-0.25, -0.2) is 0 Å². The van der Waals surface area contributed by atoms with Crippen LogP contribution in [-0.2, 0) is 14.3 Å². The van der Waals surface area contributed by atoms with Crippen LogP contribution < -0.4 is 5.32 Å². The molecule has 0 heterocycles. The van der Waals surface area contributed by atoms with E-state index in [1.165, 1.54) is 199 Å². The summed E-state index contributed by atoms with van der Waals surface area (Å²) in [5.41, 5.74) is 0. The average molecular weight is 901 g/mol. The lowest BCUT2D eigenvalue weighted by Crippen LogP contribution is -2.45. The van der Waals surface area contributed by atoms with Crippen LogP contribution in [0, 0.1) is 0 Å². The number of carbonyl (C=O) groups excluding carboxylic acids is 2. The first-order valence-electron chi connectivity index (χ1n) is 28.3. The first-order valence-corrected chi connectivity index (χ1v) is 28.3. The Kier molecular flexibility index (Phi) is 52.1. The molecule has 0 aromatic heterocycles. The Morgan fingerprint density at radius 3 is 1.25 bits per heavy atom. The normalized spacial score (nSPS) is 12.9. The van der Waals surface area contributed by atoms with Crippen LogP contribution in [0.2, 0.25) is 0 Å². The minimum atomic E-state index is -0.857. The van der Waals surface area contributed by atoms with E-state index in [0.29, 0.717) is 19.4 Å². The van der Waals surface area contributed by atoms with Gasteiger partial charge in [-0.05, 0) is 57.8 Å². The minimum Gasteiger partial charge on any atom is -0.466 e. The predicted octanol–water partition coefficient (Wildman–Crippen LogP) is 17.2. The molecule has 376 valence electrons. The molecule has 0 rings (SSSR count). The van der Waals surface area contributed by atoms with Gasteiger partial charge < -0.3 is 20.3 Å². The Morgan fingerprint density at radius 1 is 0.438 bits per heavy atom. The summed E-state index contributed by atoms with van der Waals surface area (Å²) in [5.74, 6) is -0.109. The third-order valence-electron chi connectivity index (χ3n) is 12.9. The number of ether oxygens (including phenoxy) is 1. The molecule has 0 aliphatic rings. The predicted molar refractivity (Wildman–Crippen MR) is 278 cm³/mol. The summed E-state index contributed by atoms with van der Waals surface area (Å²) in [5, 5.41) is 23.2. The molecular weight excluding hydrogens is 791 g/mol. The molecule has 2 atom stereocenters. The molecule has 0 spiro atoms. The number of aliphatic hydroxyl groups excluding tert-OH is 2. The maximum atomic E-state index is 12.5. The lowest BCUT2D eigenvalue weighted by atomic mass is 10.0. The van der Waals surface area contributed by atoms with Crippen LogP contribution in [0.1, 0.15) is 296 Å². The van der Waals surface area contributed by atoms with E-state index >= 15 is 0 Å². The van der Waals surface area contributed by atoms with Gasteiger partial charge in [0.2, 0.25) is 5.91 Å². The Labute approximate surface area is 398 Å². The van der Waals surface area contributed by atoms with Crippen LogP contribution >= 0.6 is 0 Å². The number of aliphatic hydroxyl groups is 2. The number of hydrogen-bond donors (Lipinski definition) is 3. The van der Waals surface area contributed by atoms with Gasteiger partial charge in [-0.1, -0.05) is 262 Å². The number of nitrogens with one attached hydrogen (secondary N) is 1. The van der Waals surface area contributed by atoms with Crippen LogP contribution in [0.3, 0.4) is 0 Å². The zero-order chi connectivity index (χ0) is 46.5. The largest absolute Gasteiger partial charge is 0.466 e. The fourth-order valence-corrected chi connectivity index (χ4v) is 8.55. The molecule has 0 aliphatic carbocycles. The van der Waals surface area contributed by atoms with Gasteiger partial charge in [-0.3, -0.25) is 9.59 Å². The summed E-state index contributed by atoms with van der Waals surface area (Å²) >= 11 is 0. The average Bonchev–Trinajstić information content (AvgIpc) is 3.29. The summed E-state index contributed by atoms with van der Waals surface area (Å²) in [7, 11) is 0. The third-order valence-corrected chi connectivity index (χ3v) is 12.9. The molecule has 3 N–H and O–H groups in total. The maximum Gasteiger partial charge on any atom is 0.305 e. The van der Waals surface area contributed by atoms with Crippen molar-refractivity contribution in [2.45, 2.75) is 309 Å². The number of rotatable bonds is 52. The van der Waals surface area contributed by atoms with Crippen molar-refractivity contribution < 1.29 is 24.5 Å². The molecule has 0 aromatic rings. The highest BCUT2D eigenvalue weighted by Crippen LogP contribution is 2.17. The van der Waals surface area contributed by atoms with E-state index in [-0.39, 0.29) is 18.5 Å². The van der Waals surface area contributed by atoms with E-state index < -0.39 is 12.1 Å². The monoisotopic (exact) mass is 900 g/mol. The van der Waals surface area contributed by atoms with Crippen molar-refractivity contribution in [3.05, 3.63) is 36.5 Å². The highest BCUT2D eigenvalue weighted by molar-refractivity contribution is 5.76. The quantitative estimate of drug-likeness (QED) is 0.0321. The van der Waals surface area contributed by atoms with Crippen LogP contribution in [0.4, 0.5) is 0 Å². The van der Waals surface area contributed by atoms with E-state index in [2.05, 4.69) is 43.5 Å². The second kappa shape index (κ2) is 53.7. The summed E-state index contributed by atoms with van der Waals surface area (Å²) in [6.45, 7) is 4.81. The van der Waals surface area contributed by atoms with Gasteiger partial charge in [-0.2, -0.15) is 0 Å². The topological polar surface area (TPSA) is 95.9 Å². The molecule has 0 bridgehead atoms. The lowest BCUT2D eigenvalue weighted by molar-refractivity contribution is -0.143. The van der Waals surface area contributed by atoms with Gasteiger partial charge in [0.05, 0.1) is 25.4 Å². The number of carbonyl (C=O) groups is 2. The van der Waals surface area contributed by atoms with E-state index in [4.69, 9.17) is 4.74 Å². The van der Waals surface area contributed by atoms with Crippen LogP contribution in [0.15, 0.2) is 36.5 Å². The van der Waals surface area contributed by atoms with Crippen molar-refractivity contribution in [2.75, 3.05) is 13.2 Å². The molecule has 0 saturated heterocycles. The third kappa shape index (κ3) is 49.5. The second-order valence-corrected chi connectivity index (χ2v) is 19.3. The molecule has 1 amide bonds. The highest BCUT2D eigenvalue weighted by Gasteiger charge is 2.18. The first kappa shape index (κ1) is 62.1. The highest BCUT2D eigenvalue weighted by atomic mass is 16.5. The fourth-order valence-electron chi connectivity index (χ4n) is 8.55. The lowest BCUT2D eigenvalue weighted by Gasteiger charge is -2.20. The fraction of sp³-hybridized carbons (Fsp3) is 0.862. The molecule has 0 aliphatic heterocycles. The molecule has 0 aromatic carbocycles. The summed E-state index contributed by atoms with van der Waals surface area (Å²) in [6, 6.07) is -0.641. The first-order chi connectivity index (χ1) is 31.5. The number of amides is 1. The van der Waals surface area contributed by atoms with Crippen LogP contribution in [0.25, 0.3) is 0 Å². The Hall–Kier alpha value is -1.92. The Balaban J connectivity index is 3.51. The van der Waals surface area contributed by atoms with Gasteiger partial charge >= 0.3 is 5.97 Å². The van der Waals surface area contributed by atoms with E-state index in [0.717, 1.165) is 70.6 Å². The van der Waals surface area contributed by atoms with Gasteiger partial charge in [0.25, 0.3) is 0 Å². The standard InChI is InChI=1S/C58H109NO5/c1-3-5-7-9-11-13-15-17-18-19-20-21-22-23-24-25-27-30-34-38-42-46-50-56(61)55(54-60)59-57(62)51-47-43-39-35-31-28-29-33-37-41-45-49-53-64-58(63)52-48-44-40-36-32-26-16-14-12-10-8-6-4-2/h8,10,14,16,46,50,55-56,60-61H,3-7,9,11-13,15,17-45,47-49,51-54H2,1-2H3,(H,59,62)/b10-8-,16-14-,50-46+. The molecule has 64 heavy (non-hydrogen) atoms. The molecule has 0 fully saturated rings. The van der Waals surface area contributed by atoms with E-state index in [1.807, 2.05) is 6.08 Å². The molecular formula is C58H109NO5. The van der Waals surface area contributed by atoms with Gasteiger partial charge in [0.15, 0.2) is 0 Å². The SMILES string of the molecule is CCC/C=C\C/C=C\CCCCCCCC(=O)OCCCCCCCCCCCCCCC(=O)NC(CO)C(O)/C=C/CCCCCCCCCCCCCCCCCCCCCC. The van der Waals surface area contributed by atoms with E-state index in [1.54, 1.807) is 6.08 Å². The minimum absolute atomic E-state index is 0.0260. The van der Waals surface area contributed by atoms with Crippen molar-refractivity contribution in [3.8, 4) is 0 Å². The molecule has 0 saturated carbocycles. The van der Waals surface area contributed by atoms with E-state index in [9.17, 15) is 19.8 Å². The molecule has 6 nitrogen and oxygen atoms in total. The molecule has 2 unspecified atom stereocenters. The molecule has 6 heteroatoms. The second-order valence-electron chi connectivity index (χ2n) is 19.3. The van der Waals surface area contributed by atoms with Crippen molar-refractivity contribution in [1.29, 1.82) is 0 Å². The number of allylic oxidation sites excluding steroid dienone is 5. The summed E-state index contributed by atoms with van der Waals surface area (Å²) < 4.78 is 5.45. The number of esters is 1. The van der Waals surface area contributed by atoms with Crippen LogP contribution in [0.5, 0.6) is 0 Å². The number of unbranched alkanes of at least 4 members (excludes halogenated alkanes) is 37.